The van der Waals surface area contributed by atoms with Crippen LogP contribution in [0.5, 0.6) is 0 Å². The molecule has 2 aromatic heterocycles. The minimum Gasteiger partial charge on any atom is -0.367 e. The number of aromatic nitrogens is 3. The summed E-state index contributed by atoms with van der Waals surface area (Å²) in [4.78, 5) is 13.2. The molecule has 1 aliphatic heterocycles. The number of aryl methyl sites for hydroxylation is 1. The van der Waals surface area contributed by atoms with E-state index in [4.69, 9.17) is 0 Å². The summed E-state index contributed by atoms with van der Waals surface area (Å²) in [5, 5.41) is 0. The van der Waals surface area contributed by atoms with Gasteiger partial charge in [0.15, 0.2) is 0 Å². The number of alkyl halides is 3. The summed E-state index contributed by atoms with van der Waals surface area (Å²) in [7, 11) is 1.87. The van der Waals surface area contributed by atoms with E-state index in [1.54, 1.807) is 18.5 Å². The van der Waals surface area contributed by atoms with Gasteiger partial charge in [-0.3, -0.25) is 4.98 Å². The third-order valence-corrected chi connectivity index (χ3v) is 4.91. The topological polar surface area (TPSA) is 37.2 Å². The van der Waals surface area contributed by atoms with Crippen LogP contribution >= 0.6 is 0 Å². The summed E-state index contributed by atoms with van der Waals surface area (Å²) in [6, 6.07) is 9.25. The van der Waals surface area contributed by atoms with Crippen LogP contribution in [0.4, 0.5) is 24.8 Å². The third kappa shape index (κ3) is 3.67. The van der Waals surface area contributed by atoms with Gasteiger partial charge in [-0.05, 0) is 24.3 Å². The maximum absolute atomic E-state index is 13.0. The van der Waals surface area contributed by atoms with Crippen LogP contribution < -0.4 is 9.80 Å². The van der Waals surface area contributed by atoms with E-state index in [9.17, 15) is 13.2 Å². The predicted octanol–water partition coefficient (Wildman–Crippen LogP) is 3.83. The number of hydrogen-bond acceptors (Lipinski definition) is 4. The molecule has 0 spiro atoms. The average Bonchev–Trinajstić information content (AvgIpc) is 3.10. The molecule has 1 aliphatic rings. The van der Waals surface area contributed by atoms with Crippen LogP contribution in [0.3, 0.4) is 0 Å². The summed E-state index contributed by atoms with van der Waals surface area (Å²) in [5.74, 6) is 0.762. The van der Waals surface area contributed by atoms with Gasteiger partial charge in [-0.2, -0.15) is 13.2 Å². The number of pyridine rings is 1. The van der Waals surface area contributed by atoms with Crippen LogP contribution in [0, 0.1) is 0 Å². The lowest BCUT2D eigenvalue weighted by molar-refractivity contribution is -0.137. The van der Waals surface area contributed by atoms with E-state index in [1.165, 1.54) is 6.07 Å². The number of anilines is 2. The first-order valence-corrected chi connectivity index (χ1v) is 9.03. The Hall–Kier alpha value is -3.03. The van der Waals surface area contributed by atoms with Gasteiger partial charge < -0.3 is 14.4 Å². The highest BCUT2D eigenvalue weighted by atomic mass is 19.4. The number of hydrogen-bond donors (Lipinski definition) is 0. The van der Waals surface area contributed by atoms with Gasteiger partial charge in [0.1, 0.15) is 0 Å². The highest BCUT2D eigenvalue weighted by Crippen LogP contribution is 2.32. The van der Waals surface area contributed by atoms with Gasteiger partial charge in [-0.15, -0.1) is 0 Å². The Labute approximate surface area is 161 Å². The van der Waals surface area contributed by atoms with Crippen molar-refractivity contribution in [3.8, 4) is 11.3 Å². The zero-order valence-electron chi connectivity index (χ0n) is 15.4. The van der Waals surface area contributed by atoms with E-state index in [2.05, 4.69) is 19.8 Å². The molecular formula is C20H20F3N5. The normalized spacial score (nSPS) is 15.1. The lowest BCUT2D eigenvalue weighted by atomic mass is 10.1. The fourth-order valence-corrected chi connectivity index (χ4v) is 3.45. The van der Waals surface area contributed by atoms with Crippen molar-refractivity contribution in [3.63, 3.8) is 0 Å². The molecule has 0 aliphatic carbocycles. The van der Waals surface area contributed by atoms with Crippen molar-refractivity contribution in [2.75, 3.05) is 36.0 Å². The molecule has 0 bridgehead atoms. The Morgan fingerprint density at radius 3 is 2.39 bits per heavy atom. The minimum absolute atomic E-state index is 0.464. The zero-order valence-corrected chi connectivity index (χ0v) is 15.4. The lowest BCUT2D eigenvalue weighted by Crippen LogP contribution is -2.47. The Morgan fingerprint density at radius 1 is 0.964 bits per heavy atom. The highest BCUT2D eigenvalue weighted by molar-refractivity contribution is 5.62. The predicted molar refractivity (Wildman–Crippen MR) is 102 cm³/mol. The fraction of sp³-hybridized carbons (Fsp3) is 0.300. The smallest absolute Gasteiger partial charge is 0.367 e. The summed E-state index contributed by atoms with van der Waals surface area (Å²) in [6.07, 6.45) is 1.01. The largest absolute Gasteiger partial charge is 0.416 e. The Morgan fingerprint density at radius 2 is 1.71 bits per heavy atom. The second-order valence-electron chi connectivity index (χ2n) is 6.80. The van der Waals surface area contributed by atoms with Gasteiger partial charge in [0.05, 0.1) is 23.1 Å². The zero-order chi connectivity index (χ0) is 19.7. The number of nitrogens with zero attached hydrogens (tertiary/aromatic N) is 5. The first-order chi connectivity index (χ1) is 13.4. The summed E-state index contributed by atoms with van der Waals surface area (Å²) in [6.45, 7) is 3.22. The molecule has 0 saturated carbocycles. The minimum atomic E-state index is -4.36. The van der Waals surface area contributed by atoms with Crippen LogP contribution in [0.15, 0.2) is 55.0 Å². The molecule has 1 fully saturated rings. The first kappa shape index (κ1) is 18.3. The Balaban J connectivity index is 1.51. The number of rotatable bonds is 3. The van der Waals surface area contributed by atoms with Crippen molar-refractivity contribution in [1.29, 1.82) is 0 Å². The van der Waals surface area contributed by atoms with Gasteiger partial charge in [0, 0.05) is 51.2 Å². The van der Waals surface area contributed by atoms with Gasteiger partial charge in [-0.25, -0.2) is 4.98 Å². The van der Waals surface area contributed by atoms with Gasteiger partial charge >= 0.3 is 6.18 Å². The van der Waals surface area contributed by atoms with E-state index in [1.807, 2.05) is 29.9 Å². The molecule has 4 rings (SSSR count). The van der Waals surface area contributed by atoms with Crippen LogP contribution in [-0.4, -0.2) is 40.7 Å². The molecule has 1 saturated heterocycles. The van der Waals surface area contributed by atoms with Gasteiger partial charge in [0.25, 0.3) is 0 Å². The number of halogens is 3. The molecule has 3 heterocycles. The number of imidazole rings is 1. The van der Waals surface area contributed by atoms with Crippen LogP contribution in [-0.2, 0) is 13.2 Å². The molecule has 146 valence electrons. The van der Waals surface area contributed by atoms with E-state index in [0.717, 1.165) is 49.9 Å². The average molecular weight is 387 g/mol. The van der Waals surface area contributed by atoms with Crippen LogP contribution in [0.1, 0.15) is 5.56 Å². The molecule has 1 aromatic carbocycles. The Bertz CT molecular complexity index is 944. The molecule has 0 atom stereocenters. The van der Waals surface area contributed by atoms with Crippen molar-refractivity contribution in [2.45, 2.75) is 6.18 Å². The van der Waals surface area contributed by atoms with Crippen molar-refractivity contribution in [1.82, 2.24) is 14.5 Å². The second-order valence-corrected chi connectivity index (χ2v) is 6.80. The summed E-state index contributed by atoms with van der Waals surface area (Å²) >= 11 is 0. The van der Waals surface area contributed by atoms with E-state index in [0.29, 0.717) is 11.3 Å². The molecule has 0 N–H and O–H groups in total. The van der Waals surface area contributed by atoms with E-state index in [-0.39, 0.29) is 0 Å². The third-order valence-electron chi connectivity index (χ3n) is 4.91. The fourth-order valence-electron chi connectivity index (χ4n) is 3.45. The molecule has 5 nitrogen and oxygen atoms in total. The monoisotopic (exact) mass is 387 g/mol. The molecule has 0 amide bonds. The molecule has 3 aromatic rings. The summed E-state index contributed by atoms with van der Waals surface area (Å²) in [5.41, 5.74) is 1.43. The molecule has 0 radical (unpaired) electrons. The van der Waals surface area contributed by atoms with Crippen LogP contribution in [0.25, 0.3) is 11.3 Å². The van der Waals surface area contributed by atoms with Crippen molar-refractivity contribution < 1.29 is 13.2 Å². The van der Waals surface area contributed by atoms with E-state index >= 15 is 0 Å². The number of benzene rings is 1. The first-order valence-electron chi connectivity index (χ1n) is 9.03. The maximum Gasteiger partial charge on any atom is 0.416 e. The van der Waals surface area contributed by atoms with Gasteiger partial charge in [-0.1, -0.05) is 12.1 Å². The van der Waals surface area contributed by atoms with E-state index < -0.39 is 11.7 Å². The quantitative estimate of drug-likeness (QED) is 0.685. The molecule has 28 heavy (non-hydrogen) atoms. The molecule has 8 heteroatoms. The lowest BCUT2D eigenvalue weighted by Gasteiger charge is -2.36. The standard InChI is InChI=1S/C20H20F3N5/c1-26-14-18(15-4-2-5-16(12-15)20(21,22)23)25-19(26)28-10-8-27(9-11-28)17-6-3-7-24-13-17/h2-7,12-14H,8-11H2,1H3. The Kier molecular flexibility index (Phi) is 4.70. The van der Waals surface area contributed by atoms with Crippen molar-refractivity contribution >= 4 is 11.6 Å². The molecule has 0 unspecified atom stereocenters. The van der Waals surface area contributed by atoms with Gasteiger partial charge in [0.2, 0.25) is 5.95 Å². The van der Waals surface area contributed by atoms with Crippen molar-refractivity contribution in [2.24, 2.45) is 7.05 Å². The maximum atomic E-state index is 13.0. The second kappa shape index (κ2) is 7.18. The number of piperazine rings is 1. The van der Waals surface area contributed by atoms with Crippen LogP contribution in [0.2, 0.25) is 0 Å². The molecular weight excluding hydrogens is 367 g/mol. The summed E-state index contributed by atoms with van der Waals surface area (Å²) < 4.78 is 40.8. The SMILES string of the molecule is Cn1cc(-c2cccc(C(F)(F)F)c2)nc1N1CCN(c2cccnc2)CC1. The highest BCUT2D eigenvalue weighted by Gasteiger charge is 2.30. The van der Waals surface area contributed by atoms with Crippen molar-refractivity contribution in [3.05, 3.63) is 60.6 Å².